The van der Waals surface area contributed by atoms with E-state index >= 15 is 0 Å². The van der Waals surface area contributed by atoms with Crippen LogP contribution in [0.4, 0.5) is 0 Å². The first kappa shape index (κ1) is 14.7. The topological polar surface area (TPSA) is 21.3 Å². The van der Waals surface area contributed by atoms with E-state index in [-0.39, 0.29) is 0 Å². The van der Waals surface area contributed by atoms with Gasteiger partial charge in [0.25, 0.3) is 0 Å². The first-order chi connectivity index (χ1) is 8.85. The Balaban J connectivity index is 1.48. The van der Waals surface area contributed by atoms with Crippen molar-refractivity contribution in [3.05, 3.63) is 0 Å². The van der Waals surface area contributed by atoms with Crippen molar-refractivity contribution in [2.24, 2.45) is 0 Å². The smallest absolute Gasteiger partial charge is 0.0708 e. The van der Waals surface area contributed by atoms with Gasteiger partial charge in [0.1, 0.15) is 0 Å². The Labute approximate surface area is 117 Å². The van der Waals surface area contributed by atoms with Gasteiger partial charge in [0.15, 0.2) is 0 Å². The molecule has 0 radical (unpaired) electrons. The van der Waals surface area contributed by atoms with Gasteiger partial charge in [0, 0.05) is 6.54 Å². The lowest BCUT2D eigenvalue weighted by Crippen LogP contribution is -2.31. The molecule has 1 aliphatic heterocycles. The number of ether oxygens (including phenoxy) is 1. The molecule has 0 bridgehead atoms. The second-order valence-electron chi connectivity index (χ2n) is 5.93. The second-order valence-corrected chi connectivity index (χ2v) is 6.91. The van der Waals surface area contributed by atoms with Gasteiger partial charge < -0.3 is 10.1 Å². The normalized spacial score (nSPS) is 26.2. The number of nitrogens with one attached hydrogen (secondary N) is 1. The minimum atomic E-state index is 0.310. The van der Waals surface area contributed by atoms with Crippen molar-refractivity contribution in [1.29, 1.82) is 0 Å². The van der Waals surface area contributed by atoms with E-state index in [1.165, 1.54) is 70.1 Å². The Morgan fingerprint density at radius 3 is 2.78 bits per heavy atom. The molecule has 1 atom stereocenters. The van der Waals surface area contributed by atoms with Crippen LogP contribution in [0.1, 0.15) is 57.8 Å². The van der Waals surface area contributed by atoms with Crippen molar-refractivity contribution in [1.82, 2.24) is 5.32 Å². The van der Waals surface area contributed by atoms with E-state index in [0.717, 1.165) is 6.54 Å². The summed E-state index contributed by atoms with van der Waals surface area (Å²) < 4.78 is 6.29. The van der Waals surface area contributed by atoms with E-state index in [4.69, 9.17) is 4.74 Å². The van der Waals surface area contributed by atoms with Crippen molar-refractivity contribution < 1.29 is 4.74 Å². The Bertz CT molecular complexity index is 229. The summed E-state index contributed by atoms with van der Waals surface area (Å²) in [5, 5.41) is 3.58. The number of unbranched alkanes of at least 4 members (excludes halogenated alkanes) is 2. The second kappa shape index (κ2) is 7.76. The van der Waals surface area contributed by atoms with Crippen molar-refractivity contribution in [3.8, 4) is 0 Å². The molecule has 1 spiro atoms. The summed E-state index contributed by atoms with van der Waals surface area (Å²) in [6, 6.07) is 0. The van der Waals surface area contributed by atoms with E-state index in [0.29, 0.717) is 11.7 Å². The number of rotatable bonds is 8. The van der Waals surface area contributed by atoms with Crippen LogP contribution >= 0.6 is 11.8 Å². The fourth-order valence-electron chi connectivity index (χ4n) is 3.36. The maximum absolute atomic E-state index is 6.29. The SMILES string of the molecule is CSCCCCCNCC1CCC2(CCCC2)O1. The quantitative estimate of drug-likeness (QED) is 0.682. The summed E-state index contributed by atoms with van der Waals surface area (Å²) in [5.41, 5.74) is 0.310. The molecular formula is C15H29NOS. The van der Waals surface area contributed by atoms with Gasteiger partial charge in [0.05, 0.1) is 11.7 Å². The fourth-order valence-corrected chi connectivity index (χ4v) is 3.86. The van der Waals surface area contributed by atoms with Crippen LogP contribution in [0.5, 0.6) is 0 Å². The first-order valence-corrected chi connectivity index (χ1v) is 9.11. The van der Waals surface area contributed by atoms with Gasteiger partial charge in [-0.25, -0.2) is 0 Å². The van der Waals surface area contributed by atoms with Gasteiger partial charge in [-0.3, -0.25) is 0 Å². The molecule has 2 rings (SSSR count). The van der Waals surface area contributed by atoms with Crippen LogP contribution in [-0.2, 0) is 4.74 Å². The van der Waals surface area contributed by atoms with E-state index in [1.54, 1.807) is 0 Å². The van der Waals surface area contributed by atoms with Crippen molar-refractivity contribution in [2.45, 2.75) is 69.5 Å². The van der Waals surface area contributed by atoms with Crippen LogP contribution in [0.3, 0.4) is 0 Å². The molecule has 1 saturated heterocycles. The molecule has 1 saturated carbocycles. The molecular weight excluding hydrogens is 242 g/mol. The van der Waals surface area contributed by atoms with Crippen LogP contribution in [0, 0.1) is 0 Å². The highest BCUT2D eigenvalue weighted by atomic mass is 32.2. The molecule has 1 heterocycles. The Morgan fingerprint density at radius 2 is 2.00 bits per heavy atom. The average Bonchev–Trinajstić information content (AvgIpc) is 3.00. The zero-order valence-electron chi connectivity index (χ0n) is 11.9. The Kier molecular flexibility index (Phi) is 6.33. The van der Waals surface area contributed by atoms with Crippen LogP contribution < -0.4 is 5.32 Å². The highest BCUT2D eigenvalue weighted by Gasteiger charge is 2.41. The molecule has 3 heteroatoms. The standard InChI is InChI=1S/C15H29NOS/c1-18-12-6-2-5-11-16-13-14-7-10-15(17-14)8-3-4-9-15/h14,16H,2-13H2,1H3. The molecule has 0 amide bonds. The molecule has 1 N–H and O–H groups in total. The van der Waals surface area contributed by atoms with Gasteiger partial charge >= 0.3 is 0 Å². The third kappa shape index (κ3) is 4.43. The predicted molar refractivity (Wildman–Crippen MR) is 80.4 cm³/mol. The predicted octanol–water partition coefficient (Wildman–Crippen LogP) is 3.60. The summed E-state index contributed by atoms with van der Waals surface area (Å²) in [6.07, 6.45) is 14.7. The van der Waals surface area contributed by atoms with Crippen molar-refractivity contribution >= 4 is 11.8 Å². The molecule has 0 aromatic rings. The highest BCUT2D eigenvalue weighted by Crippen LogP contribution is 2.43. The lowest BCUT2D eigenvalue weighted by Gasteiger charge is -2.23. The molecule has 1 unspecified atom stereocenters. The molecule has 18 heavy (non-hydrogen) atoms. The zero-order chi connectivity index (χ0) is 12.7. The summed E-state index contributed by atoms with van der Waals surface area (Å²) >= 11 is 1.96. The molecule has 106 valence electrons. The van der Waals surface area contributed by atoms with E-state index in [2.05, 4.69) is 11.6 Å². The van der Waals surface area contributed by atoms with E-state index < -0.39 is 0 Å². The molecule has 2 nitrogen and oxygen atoms in total. The van der Waals surface area contributed by atoms with Crippen LogP contribution in [-0.4, -0.2) is 36.8 Å². The number of hydrogen-bond donors (Lipinski definition) is 1. The van der Waals surface area contributed by atoms with E-state index in [1.807, 2.05) is 11.8 Å². The number of thioether (sulfide) groups is 1. The number of hydrogen-bond acceptors (Lipinski definition) is 3. The summed E-state index contributed by atoms with van der Waals surface area (Å²) in [6.45, 7) is 2.24. The fraction of sp³-hybridized carbons (Fsp3) is 1.00. The molecule has 0 aromatic heterocycles. The molecule has 2 aliphatic rings. The lowest BCUT2D eigenvalue weighted by atomic mass is 9.98. The van der Waals surface area contributed by atoms with Gasteiger partial charge in [-0.1, -0.05) is 19.3 Å². The summed E-state index contributed by atoms with van der Waals surface area (Å²) in [7, 11) is 0. The third-order valence-corrected chi connectivity index (χ3v) is 5.12. The molecule has 1 aliphatic carbocycles. The van der Waals surface area contributed by atoms with Gasteiger partial charge in [-0.05, 0) is 57.1 Å². The average molecular weight is 271 g/mol. The van der Waals surface area contributed by atoms with Gasteiger partial charge in [-0.2, -0.15) is 11.8 Å². The molecule has 0 aromatic carbocycles. The van der Waals surface area contributed by atoms with E-state index in [9.17, 15) is 0 Å². The maximum Gasteiger partial charge on any atom is 0.0708 e. The first-order valence-electron chi connectivity index (χ1n) is 7.72. The van der Waals surface area contributed by atoms with Crippen molar-refractivity contribution in [2.75, 3.05) is 25.1 Å². The minimum absolute atomic E-state index is 0.310. The summed E-state index contributed by atoms with van der Waals surface area (Å²) in [5.74, 6) is 1.31. The Hall–Kier alpha value is 0.270. The Morgan fingerprint density at radius 1 is 1.17 bits per heavy atom. The van der Waals surface area contributed by atoms with Gasteiger partial charge in [-0.15, -0.1) is 0 Å². The largest absolute Gasteiger partial charge is 0.370 e. The minimum Gasteiger partial charge on any atom is -0.370 e. The highest BCUT2D eigenvalue weighted by molar-refractivity contribution is 7.98. The zero-order valence-corrected chi connectivity index (χ0v) is 12.7. The maximum atomic E-state index is 6.29. The summed E-state index contributed by atoms with van der Waals surface area (Å²) in [4.78, 5) is 0. The van der Waals surface area contributed by atoms with Crippen LogP contribution in [0.15, 0.2) is 0 Å². The van der Waals surface area contributed by atoms with Crippen LogP contribution in [0.2, 0.25) is 0 Å². The van der Waals surface area contributed by atoms with Gasteiger partial charge in [0.2, 0.25) is 0 Å². The third-order valence-electron chi connectivity index (χ3n) is 4.43. The lowest BCUT2D eigenvalue weighted by molar-refractivity contribution is -0.0350. The van der Waals surface area contributed by atoms with Crippen LogP contribution in [0.25, 0.3) is 0 Å². The molecule has 2 fully saturated rings. The van der Waals surface area contributed by atoms with Crippen molar-refractivity contribution in [3.63, 3.8) is 0 Å². The monoisotopic (exact) mass is 271 g/mol.